The van der Waals surface area contributed by atoms with Crippen LogP contribution in [0.2, 0.25) is 0 Å². The van der Waals surface area contributed by atoms with Gasteiger partial charge in [0.25, 0.3) is 11.5 Å². The smallest absolute Gasteiger partial charge is 0.341 e. The molecule has 27 heavy (non-hydrogen) atoms. The van der Waals surface area contributed by atoms with E-state index in [1.165, 1.54) is 25.3 Å². The van der Waals surface area contributed by atoms with Crippen molar-refractivity contribution >= 4 is 11.9 Å². The van der Waals surface area contributed by atoms with Crippen molar-refractivity contribution in [3.05, 3.63) is 52.1 Å². The van der Waals surface area contributed by atoms with Crippen molar-refractivity contribution in [1.29, 1.82) is 0 Å². The van der Waals surface area contributed by atoms with Crippen LogP contribution in [0, 0.1) is 0 Å². The summed E-state index contributed by atoms with van der Waals surface area (Å²) >= 11 is 0. The number of carbonyl (C=O) groups excluding carboxylic acids is 2. The highest BCUT2D eigenvalue weighted by molar-refractivity contribution is 5.98. The lowest BCUT2D eigenvalue weighted by Crippen LogP contribution is -2.22. The lowest BCUT2D eigenvalue weighted by Gasteiger charge is -2.16. The van der Waals surface area contributed by atoms with E-state index in [-0.39, 0.29) is 22.7 Å². The molecule has 1 aromatic rings. The molecule has 9 heteroatoms. The fourth-order valence-electron chi connectivity index (χ4n) is 2.71. The van der Waals surface area contributed by atoms with Gasteiger partial charge in [0, 0.05) is 32.2 Å². The average molecular weight is 370 g/mol. The fourth-order valence-corrected chi connectivity index (χ4v) is 2.71. The number of methoxy groups -OCH3 is 2. The highest BCUT2D eigenvalue weighted by Crippen LogP contribution is 2.26. The summed E-state index contributed by atoms with van der Waals surface area (Å²) in [5.74, 6) is -0.449. The van der Waals surface area contributed by atoms with Gasteiger partial charge in [-0.3, -0.25) is 9.59 Å². The van der Waals surface area contributed by atoms with Gasteiger partial charge < -0.3 is 18.9 Å². The van der Waals surface area contributed by atoms with Crippen molar-refractivity contribution in [3.8, 4) is 22.7 Å². The van der Waals surface area contributed by atoms with E-state index < -0.39 is 11.5 Å². The first kappa shape index (κ1) is 18.2. The highest BCUT2D eigenvalue weighted by atomic mass is 16.5. The number of carbonyl (C=O) groups is 2. The fraction of sp³-hybridized carbons (Fsp3) is 0.222. The lowest BCUT2D eigenvalue weighted by molar-refractivity contribution is 0.0600. The van der Waals surface area contributed by atoms with E-state index in [1.807, 2.05) is 0 Å². The number of aromatic amines is 1. The third-order valence-corrected chi connectivity index (χ3v) is 4.08. The second-order valence-electron chi connectivity index (χ2n) is 5.97. The molecule has 0 fully saturated rings. The van der Waals surface area contributed by atoms with Crippen LogP contribution in [0.15, 0.2) is 35.4 Å². The van der Waals surface area contributed by atoms with Crippen LogP contribution in [-0.4, -0.2) is 59.9 Å². The molecular weight excluding hydrogens is 352 g/mol. The Bertz CT molecular complexity index is 1050. The Hall–Kier alpha value is -3.62. The molecule has 0 saturated carbocycles. The first-order valence-corrected chi connectivity index (χ1v) is 7.96. The number of H-pyrrole nitrogens is 1. The molecule has 0 bridgehead atoms. The number of amides is 1. The standard InChI is InChI=1S/C18H18N4O5/c1-21(2)17(24)11-7-10(5-6-14(11)26-3)22-8-12-15(19-20-16(12)23)13(9-22)18(25)27-4/h5-9H,1-4H3,(H,20,23). The van der Waals surface area contributed by atoms with Gasteiger partial charge in [0.05, 0.1) is 25.3 Å². The van der Waals surface area contributed by atoms with E-state index in [9.17, 15) is 14.4 Å². The summed E-state index contributed by atoms with van der Waals surface area (Å²) in [5.41, 5.74) is 1.07. The number of fused-ring (bicyclic) bond motifs is 1. The van der Waals surface area contributed by atoms with Gasteiger partial charge in [-0.2, -0.15) is 5.10 Å². The summed E-state index contributed by atoms with van der Waals surface area (Å²) in [7, 11) is 6.00. The Kier molecular flexibility index (Phi) is 4.68. The van der Waals surface area contributed by atoms with Gasteiger partial charge in [0.2, 0.25) is 0 Å². The van der Waals surface area contributed by atoms with Gasteiger partial charge in [0.1, 0.15) is 17.0 Å². The molecule has 1 amide bonds. The molecule has 9 nitrogen and oxygen atoms in total. The largest absolute Gasteiger partial charge is 0.496 e. The van der Waals surface area contributed by atoms with Crippen molar-refractivity contribution in [2.45, 2.75) is 0 Å². The predicted molar refractivity (Wildman–Crippen MR) is 96.7 cm³/mol. The number of pyridine rings is 1. The van der Waals surface area contributed by atoms with Crippen LogP contribution in [0.4, 0.5) is 0 Å². The Labute approximate surface area is 154 Å². The van der Waals surface area contributed by atoms with Gasteiger partial charge in [-0.1, -0.05) is 0 Å². The maximum Gasteiger partial charge on any atom is 0.341 e. The summed E-state index contributed by atoms with van der Waals surface area (Å²) < 4.78 is 11.6. The molecule has 0 aliphatic carbocycles. The van der Waals surface area contributed by atoms with E-state index in [0.29, 0.717) is 17.0 Å². The summed E-state index contributed by atoms with van der Waals surface area (Å²) in [6.07, 6.45) is 3.04. The van der Waals surface area contributed by atoms with Gasteiger partial charge in [-0.05, 0) is 18.2 Å². The topological polar surface area (TPSA) is 107 Å². The minimum atomic E-state index is -0.626. The van der Waals surface area contributed by atoms with Crippen molar-refractivity contribution in [2.75, 3.05) is 28.3 Å². The second-order valence-corrected chi connectivity index (χ2v) is 5.97. The summed E-state index contributed by atoms with van der Waals surface area (Å²) in [6.45, 7) is 0. The summed E-state index contributed by atoms with van der Waals surface area (Å²) in [4.78, 5) is 38.0. The number of hydrogen-bond acceptors (Lipinski definition) is 6. The molecule has 0 aromatic heterocycles. The molecule has 0 saturated heterocycles. The van der Waals surface area contributed by atoms with Crippen LogP contribution in [0.5, 0.6) is 5.75 Å². The Morgan fingerprint density at radius 3 is 2.52 bits per heavy atom. The third kappa shape index (κ3) is 3.14. The summed E-state index contributed by atoms with van der Waals surface area (Å²) in [6, 6.07) is 4.98. The molecule has 0 spiro atoms. The van der Waals surface area contributed by atoms with Gasteiger partial charge >= 0.3 is 5.97 Å². The van der Waals surface area contributed by atoms with Crippen LogP contribution >= 0.6 is 0 Å². The highest BCUT2D eigenvalue weighted by Gasteiger charge is 2.23. The number of aromatic nitrogens is 3. The predicted octanol–water partition coefficient (Wildman–Crippen LogP) is 1.16. The number of nitrogens with zero attached hydrogens (tertiary/aromatic N) is 3. The Balaban J connectivity index is 2.23. The van der Waals surface area contributed by atoms with Crippen LogP contribution in [0.1, 0.15) is 20.7 Å². The van der Waals surface area contributed by atoms with E-state index in [1.54, 1.807) is 43.1 Å². The molecule has 3 rings (SSSR count). The van der Waals surface area contributed by atoms with Gasteiger partial charge in [-0.15, -0.1) is 0 Å². The van der Waals surface area contributed by atoms with E-state index in [2.05, 4.69) is 10.2 Å². The van der Waals surface area contributed by atoms with E-state index in [4.69, 9.17) is 9.47 Å². The molecule has 0 unspecified atom stereocenters. The zero-order valence-electron chi connectivity index (χ0n) is 15.3. The number of rotatable bonds is 4. The second kappa shape index (κ2) is 6.94. The Morgan fingerprint density at radius 1 is 1.15 bits per heavy atom. The quantitative estimate of drug-likeness (QED) is 0.691. The monoisotopic (exact) mass is 370 g/mol. The number of esters is 1. The summed E-state index contributed by atoms with van der Waals surface area (Å²) in [5, 5.41) is 6.22. The van der Waals surface area contributed by atoms with Crippen LogP contribution < -0.4 is 10.3 Å². The maximum atomic E-state index is 12.5. The number of benzene rings is 1. The van der Waals surface area contributed by atoms with Crippen LogP contribution in [0.3, 0.4) is 0 Å². The molecule has 1 N–H and O–H groups in total. The van der Waals surface area contributed by atoms with Crippen LogP contribution in [-0.2, 0) is 4.74 Å². The van der Waals surface area contributed by atoms with Crippen molar-refractivity contribution in [3.63, 3.8) is 0 Å². The number of ether oxygens (including phenoxy) is 2. The first-order chi connectivity index (χ1) is 12.9. The van der Waals surface area contributed by atoms with Crippen molar-refractivity contribution in [1.82, 2.24) is 19.7 Å². The minimum absolute atomic E-state index is 0.129. The normalized spacial score (nSPS) is 10.7. The molecule has 1 aromatic carbocycles. The van der Waals surface area contributed by atoms with Gasteiger partial charge in [-0.25, -0.2) is 9.89 Å². The third-order valence-electron chi connectivity index (χ3n) is 4.08. The molecular formula is C18H18N4O5. The van der Waals surface area contributed by atoms with Crippen LogP contribution in [0.25, 0.3) is 16.9 Å². The molecule has 2 heterocycles. The first-order valence-electron chi connectivity index (χ1n) is 7.96. The average Bonchev–Trinajstić information content (AvgIpc) is 3.06. The zero-order valence-corrected chi connectivity index (χ0v) is 15.3. The molecule has 0 atom stereocenters. The maximum absolute atomic E-state index is 12.5. The van der Waals surface area contributed by atoms with Crippen molar-refractivity contribution in [2.24, 2.45) is 0 Å². The SMILES string of the molecule is COC(=O)c1cn(-c2ccc(OC)c(C(=O)N(C)C)c2)cc2c(=O)[nH]nc1-2. The Morgan fingerprint density at radius 2 is 1.89 bits per heavy atom. The molecule has 0 radical (unpaired) electrons. The molecule has 140 valence electrons. The number of hydrogen-bond donors (Lipinski definition) is 1. The minimum Gasteiger partial charge on any atom is -0.496 e. The van der Waals surface area contributed by atoms with Crippen molar-refractivity contribution < 1.29 is 19.1 Å². The van der Waals surface area contributed by atoms with Gasteiger partial charge in [0.15, 0.2) is 0 Å². The van der Waals surface area contributed by atoms with E-state index in [0.717, 1.165) is 0 Å². The zero-order chi connectivity index (χ0) is 19.7. The van der Waals surface area contributed by atoms with E-state index >= 15 is 0 Å². The molecule has 2 aliphatic rings. The lowest BCUT2D eigenvalue weighted by atomic mass is 10.1. The molecule has 2 aliphatic heterocycles. The number of nitrogens with one attached hydrogen (secondary N) is 1.